The molecule has 1 aliphatic rings. The van der Waals surface area contributed by atoms with Crippen LogP contribution in [0.15, 0.2) is 18.3 Å². The smallest absolute Gasteiger partial charge is 0.128 e. The van der Waals surface area contributed by atoms with E-state index >= 15 is 0 Å². The highest BCUT2D eigenvalue weighted by molar-refractivity contribution is 5.41. The first-order chi connectivity index (χ1) is 8.58. The first-order valence-corrected chi connectivity index (χ1v) is 6.94. The van der Waals surface area contributed by atoms with Crippen molar-refractivity contribution in [3.8, 4) is 0 Å². The standard InChI is InChI=1S/C15H24N2O/c1-11-4-6-14(7-5-11)17(3)15-10-13(12(2)18)8-9-16-15/h8-12,14,18H,4-7H2,1-3H3. The topological polar surface area (TPSA) is 36.4 Å². The summed E-state index contributed by atoms with van der Waals surface area (Å²) in [5.74, 6) is 1.85. The lowest BCUT2D eigenvalue weighted by molar-refractivity contribution is 0.199. The normalized spacial score (nSPS) is 25.8. The third kappa shape index (κ3) is 3.02. The van der Waals surface area contributed by atoms with Crippen molar-refractivity contribution in [2.45, 2.75) is 51.7 Å². The van der Waals surface area contributed by atoms with E-state index in [1.54, 1.807) is 13.1 Å². The van der Waals surface area contributed by atoms with E-state index in [0.717, 1.165) is 17.3 Å². The largest absolute Gasteiger partial charge is 0.389 e. The Morgan fingerprint density at radius 1 is 1.33 bits per heavy atom. The van der Waals surface area contributed by atoms with Gasteiger partial charge in [-0.2, -0.15) is 0 Å². The molecule has 100 valence electrons. The first kappa shape index (κ1) is 13.3. The van der Waals surface area contributed by atoms with Gasteiger partial charge in [0.1, 0.15) is 5.82 Å². The summed E-state index contributed by atoms with van der Waals surface area (Å²) in [5.41, 5.74) is 0.941. The maximum atomic E-state index is 9.63. The number of aliphatic hydroxyl groups is 1. The summed E-state index contributed by atoms with van der Waals surface area (Å²) < 4.78 is 0. The summed E-state index contributed by atoms with van der Waals surface area (Å²) in [6.07, 6.45) is 6.48. The van der Waals surface area contributed by atoms with Crippen LogP contribution >= 0.6 is 0 Å². The van der Waals surface area contributed by atoms with Crippen molar-refractivity contribution >= 4 is 5.82 Å². The van der Waals surface area contributed by atoms with Crippen LogP contribution in [0.3, 0.4) is 0 Å². The van der Waals surface area contributed by atoms with Gasteiger partial charge in [0, 0.05) is 19.3 Å². The number of anilines is 1. The minimum Gasteiger partial charge on any atom is -0.389 e. The number of aliphatic hydroxyl groups excluding tert-OH is 1. The zero-order valence-corrected chi connectivity index (χ0v) is 11.6. The molecule has 1 atom stereocenters. The van der Waals surface area contributed by atoms with Gasteiger partial charge in [-0.1, -0.05) is 6.92 Å². The molecule has 0 aliphatic heterocycles. The average molecular weight is 248 g/mol. The van der Waals surface area contributed by atoms with Gasteiger partial charge in [-0.05, 0) is 56.2 Å². The maximum absolute atomic E-state index is 9.63. The molecule has 1 aromatic rings. The van der Waals surface area contributed by atoms with Crippen LogP contribution in [-0.2, 0) is 0 Å². The van der Waals surface area contributed by atoms with Crippen molar-refractivity contribution < 1.29 is 5.11 Å². The number of aromatic nitrogens is 1. The van der Waals surface area contributed by atoms with E-state index in [1.807, 2.05) is 12.1 Å². The fourth-order valence-corrected chi connectivity index (χ4v) is 2.70. The van der Waals surface area contributed by atoms with E-state index in [1.165, 1.54) is 25.7 Å². The van der Waals surface area contributed by atoms with Crippen LogP contribution in [0.2, 0.25) is 0 Å². The summed E-state index contributed by atoms with van der Waals surface area (Å²) in [6, 6.07) is 4.48. The van der Waals surface area contributed by atoms with Crippen molar-refractivity contribution in [2.75, 3.05) is 11.9 Å². The van der Waals surface area contributed by atoms with Crippen LogP contribution in [0, 0.1) is 5.92 Å². The van der Waals surface area contributed by atoms with Crippen LogP contribution in [0.1, 0.15) is 51.2 Å². The van der Waals surface area contributed by atoms with E-state index in [4.69, 9.17) is 0 Å². The van der Waals surface area contributed by atoms with Crippen molar-refractivity contribution in [3.63, 3.8) is 0 Å². The third-order valence-electron chi connectivity index (χ3n) is 4.15. The molecule has 1 aromatic heterocycles. The lowest BCUT2D eigenvalue weighted by atomic mass is 9.87. The fraction of sp³-hybridized carbons (Fsp3) is 0.667. The average Bonchev–Trinajstić information content (AvgIpc) is 2.39. The van der Waals surface area contributed by atoms with Crippen LogP contribution in [0.25, 0.3) is 0 Å². The molecule has 3 nitrogen and oxygen atoms in total. The lowest BCUT2D eigenvalue weighted by Gasteiger charge is -2.34. The Kier molecular flexibility index (Phi) is 4.23. The number of hydrogen-bond acceptors (Lipinski definition) is 3. The monoisotopic (exact) mass is 248 g/mol. The molecule has 0 spiro atoms. The Labute approximate surface area is 110 Å². The van der Waals surface area contributed by atoms with Gasteiger partial charge < -0.3 is 10.0 Å². The SMILES string of the molecule is CC1CCC(N(C)c2cc(C(C)O)ccn2)CC1. The predicted octanol–water partition coefficient (Wildman–Crippen LogP) is 3.15. The van der Waals surface area contributed by atoms with Gasteiger partial charge in [-0.25, -0.2) is 4.98 Å². The van der Waals surface area contributed by atoms with Gasteiger partial charge in [0.15, 0.2) is 0 Å². The summed E-state index contributed by atoms with van der Waals surface area (Å²) in [5, 5.41) is 9.63. The van der Waals surface area contributed by atoms with E-state index in [9.17, 15) is 5.11 Å². The molecular formula is C15H24N2O. The molecule has 2 rings (SSSR count). The third-order valence-corrected chi connectivity index (χ3v) is 4.15. The Morgan fingerprint density at radius 3 is 2.61 bits per heavy atom. The minimum atomic E-state index is -0.425. The van der Waals surface area contributed by atoms with Gasteiger partial charge in [0.2, 0.25) is 0 Å². The molecule has 1 heterocycles. The highest BCUT2D eigenvalue weighted by Crippen LogP contribution is 2.29. The molecule has 1 N–H and O–H groups in total. The highest BCUT2D eigenvalue weighted by Gasteiger charge is 2.22. The zero-order chi connectivity index (χ0) is 13.1. The molecule has 18 heavy (non-hydrogen) atoms. The van der Waals surface area contributed by atoms with Gasteiger partial charge in [0.05, 0.1) is 6.10 Å². The van der Waals surface area contributed by atoms with Crippen molar-refractivity contribution in [2.24, 2.45) is 5.92 Å². The van der Waals surface area contributed by atoms with E-state index < -0.39 is 6.10 Å². The van der Waals surface area contributed by atoms with Crippen molar-refractivity contribution in [1.82, 2.24) is 4.98 Å². The van der Waals surface area contributed by atoms with Gasteiger partial charge in [-0.15, -0.1) is 0 Å². The Morgan fingerprint density at radius 2 is 2.00 bits per heavy atom. The summed E-state index contributed by atoms with van der Waals surface area (Å²) in [6.45, 7) is 4.13. The van der Waals surface area contributed by atoms with Crippen LogP contribution in [-0.4, -0.2) is 23.2 Å². The lowest BCUT2D eigenvalue weighted by Crippen LogP contribution is -2.35. The van der Waals surface area contributed by atoms with Crippen LogP contribution in [0.5, 0.6) is 0 Å². The Bertz CT molecular complexity index is 384. The number of hydrogen-bond donors (Lipinski definition) is 1. The Balaban J connectivity index is 2.08. The van der Waals surface area contributed by atoms with Gasteiger partial charge >= 0.3 is 0 Å². The second kappa shape index (κ2) is 5.70. The fourth-order valence-electron chi connectivity index (χ4n) is 2.70. The van der Waals surface area contributed by atoms with E-state index in [2.05, 4.69) is 23.9 Å². The predicted molar refractivity (Wildman–Crippen MR) is 74.7 cm³/mol. The number of nitrogens with zero attached hydrogens (tertiary/aromatic N) is 2. The molecule has 3 heteroatoms. The molecule has 1 aliphatic carbocycles. The molecule has 0 aromatic carbocycles. The van der Waals surface area contributed by atoms with Crippen LogP contribution in [0.4, 0.5) is 5.82 Å². The molecule has 0 bridgehead atoms. The van der Waals surface area contributed by atoms with Crippen LogP contribution < -0.4 is 4.90 Å². The Hall–Kier alpha value is -1.09. The molecule has 1 saturated carbocycles. The van der Waals surface area contributed by atoms with Crippen molar-refractivity contribution in [1.29, 1.82) is 0 Å². The van der Waals surface area contributed by atoms with E-state index in [-0.39, 0.29) is 0 Å². The quantitative estimate of drug-likeness (QED) is 0.892. The molecular weight excluding hydrogens is 224 g/mol. The summed E-state index contributed by atoms with van der Waals surface area (Å²) in [4.78, 5) is 6.71. The summed E-state index contributed by atoms with van der Waals surface area (Å²) in [7, 11) is 2.12. The van der Waals surface area contributed by atoms with E-state index in [0.29, 0.717) is 6.04 Å². The van der Waals surface area contributed by atoms with Gasteiger partial charge in [-0.3, -0.25) is 0 Å². The van der Waals surface area contributed by atoms with Crippen molar-refractivity contribution in [3.05, 3.63) is 23.9 Å². The molecule has 0 radical (unpaired) electrons. The molecule has 0 amide bonds. The maximum Gasteiger partial charge on any atom is 0.128 e. The minimum absolute atomic E-state index is 0.425. The summed E-state index contributed by atoms with van der Waals surface area (Å²) >= 11 is 0. The number of rotatable bonds is 3. The first-order valence-electron chi connectivity index (χ1n) is 6.94. The number of pyridine rings is 1. The molecule has 1 unspecified atom stereocenters. The second-order valence-electron chi connectivity index (χ2n) is 5.65. The molecule has 0 saturated heterocycles. The second-order valence-corrected chi connectivity index (χ2v) is 5.65. The highest BCUT2D eigenvalue weighted by atomic mass is 16.3. The van der Waals surface area contributed by atoms with Gasteiger partial charge in [0.25, 0.3) is 0 Å². The molecule has 1 fully saturated rings. The zero-order valence-electron chi connectivity index (χ0n) is 11.6.